The Morgan fingerprint density at radius 3 is 3.00 bits per heavy atom. The van der Waals surface area contributed by atoms with Crippen LogP contribution in [-0.2, 0) is 25.3 Å². The average molecular weight is 402 g/mol. The maximum absolute atomic E-state index is 13.9. The van der Waals surface area contributed by atoms with Crippen molar-refractivity contribution < 1.29 is 4.39 Å². The quantitative estimate of drug-likeness (QED) is 0.367. The standard InChI is InChI=1S/C20H20FN3OS2/c1-3-9-24-19(25)17-14-8-10-23(2)11-16(14)27-18(17)22-20(24)26-12-13-6-4-5-7-15(13)21/h3-7H,1,8-12H2,2H3. The molecule has 0 amide bonds. The van der Waals surface area contributed by atoms with Gasteiger partial charge in [0, 0.05) is 30.3 Å². The maximum atomic E-state index is 13.9. The third-order valence-corrected chi connectivity index (χ3v) is 6.88. The van der Waals surface area contributed by atoms with Crippen molar-refractivity contribution in [3.8, 4) is 0 Å². The predicted octanol–water partition coefficient (Wildman–Crippen LogP) is 4.06. The highest BCUT2D eigenvalue weighted by Gasteiger charge is 2.23. The topological polar surface area (TPSA) is 38.1 Å². The highest BCUT2D eigenvalue weighted by atomic mass is 32.2. The molecule has 0 saturated heterocycles. The Morgan fingerprint density at radius 1 is 1.41 bits per heavy atom. The van der Waals surface area contributed by atoms with E-state index in [1.165, 1.54) is 22.7 Å². The van der Waals surface area contributed by atoms with Gasteiger partial charge in [0.2, 0.25) is 0 Å². The Kier molecular flexibility index (Phi) is 5.16. The number of fused-ring (bicyclic) bond motifs is 3. The first-order valence-electron chi connectivity index (χ1n) is 8.79. The first-order valence-corrected chi connectivity index (χ1v) is 10.6. The number of aromatic nitrogens is 2. The van der Waals surface area contributed by atoms with Gasteiger partial charge in [-0.2, -0.15) is 0 Å². The number of hydrogen-bond donors (Lipinski definition) is 0. The molecule has 4 rings (SSSR count). The van der Waals surface area contributed by atoms with Gasteiger partial charge in [-0.3, -0.25) is 9.36 Å². The Balaban J connectivity index is 1.78. The van der Waals surface area contributed by atoms with E-state index in [4.69, 9.17) is 4.98 Å². The first kappa shape index (κ1) is 18.4. The van der Waals surface area contributed by atoms with Crippen LogP contribution in [0.3, 0.4) is 0 Å². The molecule has 27 heavy (non-hydrogen) atoms. The molecular formula is C20H20FN3OS2. The number of benzene rings is 1. The molecule has 0 aliphatic carbocycles. The number of thioether (sulfide) groups is 1. The maximum Gasteiger partial charge on any atom is 0.263 e. The normalized spacial score (nSPS) is 14.4. The fourth-order valence-corrected chi connectivity index (χ4v) is 5.68. The second kappa shape index (κ2) is 7.58. The first-order chi connectivity index (χ1) is 13.1. The molecule has 0 radical (unpaired) electrons. The van der Waals surface area contributed by atoms with Gasteiger partial charge in [0.05, 0.1) is 5.39 Å². The summed E-state index contributed by atoms with van der Waals surface area (Å²) in [5.74, 6) is 0.189. The molecule has 4 nitrogen and oxygen atoms in total. The number of hydrogen-bond acceptors (Lipinski definition) is 5. The van der Waals surface area contributed by atoms with Crippen molar-refractivity contribution in [3.05, 3.63) is 69.1 Å². The van der Waals surface area contributed by atoms with E-state index in [1.54, 1.807) is 34.1 Å². The van der Waals surface area contributed by atoms with E-state index < -0.39 is 0 Å². The lowest BCUT2D eigenvalue weighted by molar-refractivity contribution is 0.318. The van der Waals surface area contributed by atoms with Crippen LogP contribution in [0.15, 0.2) is 46.9 Å². The SMILES string of the molecule is C=CCn1c(SCc2ccccc2F)nc2sc3c(c2c1=O)CCN(C)C3. The van der Waals surface area contributed by atoms with Gasteiger partial charge in [0.1, 0.15) is 10.6 Å². The second-order valence-corrected chi connectivity index (χ2v) is 8.68. The molecule has 0 saturated carbocycles. The van der Waals surface area contributed by atoms with E-state index in [9.17, 15) is 9.18 Å². The van der Waals surface area contributed by atoms with Crippen LogP contribution < -0.4 is 5.56 Å². The molecule has 0 spiro atoms. The van der Waals surface area contributed by atoms with Gasteiger partial charge in [-0.05, 0) is 30.7 Å². The molecule has 140 valence electrons. The molecule has 0 bridgehead atoms. The molecule has 1 aromatic carbocycles. The van der Waals surface area contributed by atoms with E-state index in [0.717, 1.165) is 35.3 Å². The number of allylic oxidation sites excluding steroid dienone is 1. The summed E-state index contributed by atoms with van der Waals surface area (Å²) in [4.78, 5) is 22.3. The number of thiophene rings is 1. The van der Waals surface area contributed by atoms with E-state index in [-0.39, 0.29) is 11.4 Å². The zero-order valence-corrected chi connectivity index (χ0v) is 16.7. The van der Waals surface area contributed by atoms with Gasteiger partial charge in [0.25, 0.3) is 5.56 Å². The minimum absolute atomic E-state index is 0.0158. The van der Waals surface area contributed by atoms with Crippen molar-refractivity contribution in [2.75, 3.05) is 13.6 Å². The van der Waals surface area contributed by atoms with Crippen molar-refractivity contribution >= 4 is 33.3 Å². The van der Waals surface area contributed by atoms with Gasteiger partial charge in [-0.25, -0.2) is 9.37 Å². The van der Waals surface area contributed by atoms with Gasteiger partial charge in [0.15, 0.2) is 5.16 Å². The largest absolute Gasteiger partial charge is 0.301 e. The van der Waals surface area contributed by atoms with E-state index in [1.807, 2.05) is 6.07 Å². The van der Waals surface area contributed by atoms with Crippen LogP contribution >= 0.6 is 23.1 Å². The van der Waals surface area contributed by atoms with Crippen LogP contribution in [0.25, 0.3) is 10.2 Å². The monoisotopic (exact) mass is 401 g/mol. The highest BCUT2D eigenvalue weighted by Crippen LogP contribution is 2.33. The summed E-state index contributed by atoms with van der Waals surface area (Å²) < 4.78 is 15.6. The molecule has 3 aromatic rings. The number of nitrogens with zero attached hydrogens (tertiary/aromatic N) is 3. The summed E-state index contributed by atoms with van der Waals surface area (Å²) in [6.45, 7) is 5.97. The number of rotatable bonds is 5. The van der Waals surface area contributed by atoms with Crippen molar-refractivity contribution in [1.82, 2.24) is 14.5 Å². The van der Waals surface area contributed by atoms with Gasteiger partial charge in [-0.15, -0.1) is 17.9 Å². The number of likely N-dealkylation sites (N-methyl/N-ethyl adjacent to an activating group) is 1. The van der Waals surface area contributed by atoms with Crippen LogP contribution in [0.1, 0.15) is 16.0 Å². The molecule has 0 unspecified atom stereocenters. The van der Waals surface area contributed by atoms with Crippen LogP contribution in [0, 0.1) is 5.82 Å². The molecular weight excluding hydrogens is 381 g/mol. The number of halogens is 1. The Labute approximate surface area is 165 Å². The van der Waals surface area contributed by atoms with Crippen LogP contribution in [0.2, 0.25) is 0 Å². The molecule has 1 aliphatic heterocycles. The van der Waals surface area contributed by atoms with E-state index >= 15 is 0 Å². The molecule has 0 N–H and O–H groups in total. The zero-order valence-electron chi connectivity index (χ0n) is 15.1. The highest BCUT2D eigenvalue weighted by molar-refractivity contribution is 7.98. The zero-order chi connectivity index (χ0) is 19.0. The molecule has 7 heteroatoms. The summed E-state index contributed by atoms with van der Waals surface area (Å²) in [6.07, 6.45) is 2.58. The third kappa shape index (κ3) is 3.47. The van der Waals surface area contributed by atoms with Crippen molar-refractivity contribution in [2.45, 2.75) is 30.4 Å². The summed E-state index contributed by atoms with van der Waals surface area (Å²) in [5, 5.41) is 1.36. The van der Waals surface area contributed by atoms with Crippen molar-refractivity contribution in [3.63, 3.8) is 0 Å². The summed E-state index contributed by atoms with van der Waals surface area (Å²) in [7, 11) is 2.09. The third-order valence-electron chi connectivity index (χ3n) is 4.74. The van der Waals surface area contributed by atoms with E-state index in [2.05, 4.69) is 18.5 Å². The smallest absolute Gasteiger partial charge is 0.263 e. The summed E-state index contributed by atoms with van der Waals surface area (Å²) >= 11 is 2.99. The molecule has 2 aromatic heterocycles. The summed E-state index contributed by atoms with van der Waals surface area (Å²) in [5.41, 5.74) is 1.74. The lowest BCUT2D eigenvalue weighted by atomic mass is 10.1. The predicted molar refractivity (Wildman–Crippen MR) is 110 cm³/mol. The van der Waals surface area contributed by atoms with Gasteiger partial charge >= 0.3 is 0 Å². The van der Waals surface area contributed by atoms with Crippen LogP contribution in [0.5, 0.6) is 0 Å². The van der Waals surface area contributed by atoms with Crippen molar-refractivity contribution in [1.29, 1.82) is 0 Å². The Morgan fingerprint density at radius 2 is 2.22 bits per heavy atom. The minimum atomic E-state index is -0.238. The average Bonchev–Trinajstić information content (AvgIpc) is 3.01. The fraction of sp³-hybridized carbons (Fsp3) is 0.300. The molecule has 0 fully saturated rings. The summed E-state index contributed by atoms with van der Waals surface area (Å²) in [6, 6.07) is 6.70. The van der Waals surface area contributed by atoms with Crippen molar-refractivity contribution in [2.24, 2.45) is 0 Å². The lowest BCUT2D eigenvalue weighted by Gasteiger charge is -2.21. The minimum Gasteiger partial charge on any atom is -0.301 e. The Hall–Kier alpha value is -1.96. The Bertz CT molecular complexity index is 1070. The van der Waals surface area contributed by atoms with Crippen LogP contribution in [0.4, 0.5) is 4.39 Å². The second-order valence-electron chi connectivity index (χ2n) is 6.65. The van der Waals surface area contributed by atoms with E-state index in [0.29, 0.717) is 23.0 Å². The lowest BCUT2D eigenvalue weighted by Crippen LogP contribution is -2.27. The molecule has 0 atom stereocenters. The van der Waals surface area contributed by atoms with Crippen LogP contribution in [-0.4, -0.2) is 28.0 Å². The van der Waals surface area contributed by atoms with Gasteiger partial charge in [-0.1, -0.05) is 36.0 Å². The molecule has 3 heterocycles. The fourth-order valence-electron chi connectivity index (χ4n) is 3.34. The molecule has 1 aliphatic rings. The van der Waals surface area contributed by atoms with Gasteiger partial charge < -0.3 is 4.90 Å².